The number of anilines is 2. The average molecular weight is 472 g/mol. The van der Waals surface area contributed by atoms with Crippen LogP contribution in [0.4, 0.5) is 10.8 Å². The van der Waals surface area contributed by atoms with Gasteiger partial charge in [-0.25, -0.2) is 4.98 Å². The van der Waals surface area contributed by atoms with Crippen LogP contribution >= 0.6 is 11.3 Å². The van der Waals surface area contributed by atoms with Gasteiger partial charge < -0.3 is 19.7 Å². The molecule has 2 amide bonds. The molecule has 7 nitrogen and oxygen atoms in total. The van der Waals surface area contributed by atoms with Crippen LogP contribution in [0.5, 0.6) is 0 Å². The lowest BCUT2D eigenvalue weighted by molar-refractivity contribution is -0.116. The summed E-state index contributed by atoms with van der Waals surface area (Å²) in [5.41, 5.74) is 5.16. The molecule has 4 heterocycles. The maximum absolute atomic E-state index is 13.4. The van der Waals surface area contributed by atoms with E-state index >= 15 is 0 Å². The number of benzene rings is 2. The number of nitrogens with zero attached hydrogens (tertiary/aromatic N) is 4. The normalized spacial score (nSPS) is 16.9. The first kappa shape index (κ1) is 20.9. The van der Waals surface area contributed by atoms with Crippen LogP contribution in [0.15, 0.2) is 54.7 Å². The quantitative estimate of drug-likeness (QED) is 0.473. The van der Waals surface area contributed by atoms with E-state index in [1.807, 2.05) is 42.2 Å². The number of aryl methyl sites for hydroxylation is 2. The molecular weight excluding hydrogens is 446 g/mol. The lowest BCUT2D eigenvalue weighted by Crippen LogP contribution is -2.51. The zero-order valence-electron chi connectivity index (χ0n) is 19.1. The van der Waals surface area contributed by atoms with Gasteiger partial charge in [-0.05, 0) is 37.1 Å². The van der Waals surface area contributed by atoms with E-state index in [1.54, 1.807) is 6.20 Å². The fourth-order valence-electron chi connectivity index (χ4n) is 5.36. The minimum atomic E-state index is -0.205. The van der Waals surface area contributed by atoms with Crippen molar-refractivity contribution in [1.29, 1.82) is 0 Å². The van der Waals surface area contributed by atoms with Gasteiger partial charge in [-0.2, -0.15) is 0 Å². The Morgan fingerprint density at radius 2 is 1.97 bits per heavy atom. The second kappa shape index (κ2) is 7.99. The summed E-state index contributed by atoms with van der Waals surface area (Å²) < 4.78 is 2.24. The maximum atomic E-state index is 13.4. The molecule has 1 atom stereocenters. The second-order valence-corrected chi connectivity index (χ2v) is 10.1. The van der Waals surface area contributed by atoms with Crippen LogP contribution in [0.2, 0.25) is 0 Å². The monoisotopic (exact) mass is 471 g/mol. The smallest absolute Gasteiger partial charge is 0.257 e. The van der Waals surface area contributed by atoms with Gasteiger partial charge >= 0.3 is 0 Å². The molecule has 4 aromatic rings. The van der Waals surface area contributed by atoms with Gasteiger partial charge in [-0.3, -0.25) is 9.59 Å². The van der Waals surface area contributed by atoms with Gasteiger partial charge in [-0.15, -0.1) is 11.3 Å². The van der Waals surface area contributed by atoms with Crippen LogP contribution in [0.1, 0.15) is 39.1 Å². The van der Waals surface area contributed by atoms with E-state index in [0.717, 1.165) is 33.8 Å². The van der Waals surface area contributed by atoms with Crippen LogP contribution in [-0.2, 0) is 17.8 Å². The number of para-hydroxylation sites is 2. The lowest BCUT2D eigenvalue weighted by atomic mass is 9.96. The Morgan fingerprint density at radius 3 is 2.79 bits per heavy atom. The first-order valence-corrected chi connectivity index (χ1v) is 12.3. The predicted molar refractivity (Wildman–Crippen MR) is 134 cm³/mol. The van der Waals surface area contributed by atoms with Gasteiger partial charge in [0.05, 0.1) is 16.9 Å². The number of thiazole rings is 1. The maximum Gasteiger partial charge on any atom is 0.257 e. The fraction of sp³-hybridized carbons (Fsp3) is 0.269. The molecule has 0 saturated carbocycles. The highest BCUT2D eigenvalue weighted by Gasteiger charge is 2.42. The first-order chi connectivity index (χ1) is 16.5. The van der Waals surface area contributed by atoms with Gasteiger partial charge in [-0.1, -0.05) is 30.3 Å². The number of amides is 2. The summed E-state index contributed by atoms with van der Waals surface area (Å²) in [6.07, 6.45) is 2.68. The van der Waals surface area contributed by atoms with E-state index in [1.165, 1.54) is 22.3 Å². The number of hydrogen-bond acceptors (Lipinski definition) is 5. The largest absolute Gasteiger partial charge is 0.349 e. The summed E-state index contributed by atoms with van der Waals surface area (Å²) in [5.74, 6) is 0.00464. The molecular formula is C26H25N5O2S. The molecule has 0 aliphatic carbocycles. The third kappa shape index (κ3) is 3.20. The van der Waals surface area contributed by atoms with Crippen molar-refractivity contribution in [2.24, 2.45) is 0 Å². The zero-order valence-corrected chi connectivity index (χ0v) is 19.9. The number of nitrogens with one attached hydrogen (secondary N) is 1. The molecule has 2 aromatic carbocycles. The Morgan fingerprint density at radius 1 is 1.18 bits per heavy atom. The topological polar surface area (TPSA) is 70.5 Å². The van der Waals surface area contributed by atoms with Crippen molar-refractivity contribution in [3.8, 4) is 0 Å². The number of aromatic nitrogens is 2. The standard InChI is InChI=1S/C26H25N5O2S/c1-16-15-27-26(34-16)28-22(32)12-14-30-21-10-6-3-7-17(21)18-11-13-31-24(23(18)30)29(2)20-9-5-4-8-19(20)25(31)33/h3-10,15,24H,11-14H2,1-2H3,(H,27,28,32). The number of carbonyl (C=O) groups excluding carboxylic acids is 2. The Labute approximate surface area is 201 Å². The van der Waals surface area contributed by atoms with Crippen molar-refractivity contribution < 1.29 is 9.59 Å². The number of rotatable bonds is 4. The van der Waals surface area contributed by atoms with Gasteiger partial charge in [0.15, 0.2) is 5.13 Å². The molecule has 8 heteroatoms. The van der Waals surface area contributed by atoms with Crippen molar-refractivity contribution in [3.05, 3.63) is 76.4 Å². The SMILES string of the molecule is Cc1cnc(NC(=O)CCn2c3c(c4ccccc42)CCN2C(=O)c4ccccc4N(C)C32)s1. The molecule has 2 aliphatic rings. The molecule has 2 aromatic heterocycles. The number of hydrogen-bond donors (Lipinski definition) is 1. The zero-order chi connectivity index (χ0) is 23.4. The highest BCUT2D eigenvalue weighted by Crippen LogP contribution is 2.44. The van der Waals surface area contributed by atoms with E-state index < -0.39 is 0 Å². The lowest BCUT2D eigenvalue weighted by Gasteiger charge is -2.46. The molecule has 6 rings (SSSR count). The summed E-state index contributed by atoms with van der Waals surface area (Å²) in [6.45, 7) is 3.17. The minimum Gasteiger partial charge on any atom is -0.349 e. The number of carbonyl (C=O) groups is 2. The summed E-state index contributed by atoms with van der Waals surface area (Å²) in [7, 11) is 2.05. The highest BCUT2D eigenvalue weighted by atomic mass is 32.1. The molecule has 1 unspecified atom stereocenters. The third-order valence-corrected chi connectivity index (χ3v) is 7.66. The fourth-order valence-corrected chi connectivity index (χ4v) is 6.04. The van der Waals surface area contributed by atoms with E-state index in [0.29, 0.717) is 24.6 Å². The minimum absolute atomic E-state index is 0.0630. The van der Waals surface area contributed by atoms with E-state index in [9.17, 15) is 9.59 Å². The van der Waals surface area contributed by atoms with E-state index in [4.69, 9.17) is 0 Å². The number of fused-ring (bicyclic) bond motifs is 6. The van der Waals surface area contributed by atoms with Crippen LogP contribution in [-0.4, -0.2) is 39.9 Å². The van der Waals surface area contributed by atoms with E-state index in [2.05, 4.69) is 45.0 Å². The van der Waals surface area contributed by atoms with Crippen LogP contribution in [0.25, 0.3) is 10.9 Å². The molecule has 2 aliphatic heterocycles. The van der Waals surface area contributed by atoms with Crippen LogP contribution in [0, 0.1) is 6.92 Å². The Hall–Kier alpha value is -3.65. The molecule has 0 fully saturated rings. The molecule has 172 valence electrons. The Balaban J connectivity index is 1.40. The van der Waals surface area contributed by atoms with Gasteiger partial charge in [0.1, 0.15) is 6.17 Å². The van der Waals surface area contributed by atoms with Crippen LogP contribution < -0.4 is 10.2 Å². The predicted octanol–water partition coefficient (Wildman–Crippen LogP) is 4.58. The average Bonchev–Trinajstić information content (AvgIpc) is 3.41. The van der Waals surface area contributed by atoms with Crippen molar-refractivity contribution in [3.63, 3.8) is 0 Å². The summed E-state index contributed by atoms with van der Waals surface area (Å²) in [5, 5.41) is 4.75. The molecule has 0 saturated heterocycles. The summed E-state index contributed by atoms with van der Waals surface area (Å²) >= 11 is 1.47. The first-order valence-electron chi connectivity index (χ1n) is 11.5. The molecule has 0 bridgehead atoms. The second-order valence-electron chi connectivity index (χ2n) is 8.86. The van der Waals surface area contributed by atoms with Crippen molar-refractivity contribution in [1.82, 2.24) is 14.5 Å². The van der Waals surface area contributed by atoms with Crippen molar-refractivity contribution in [2.45, 2.75) is 32.5 Å². The Kier molecular flexibility index (Phi) is 4.91. The van der Waals surface area contributed by atoms with Crippen molar-refractivity contribution in [2.75, 3.05) is 23.8 Å². The van der Waals surface area contributed by atoms with Crippen molar-refractivity contribution >= 4 is 44.9 Å². The summed E-state index contributed by atoms with van der Waals surface area (Å²) in [4.78, 5) is 35.6. The summed E-state index contributed by atoms with van der Waals surface area (Å²) in [6, 6.07) is 16.2. The van der Waals surface area contributed by atoms with Gasteiger partial charge in [0.25, 0.3) is 5.91 Å². The molecule has 34 heavy (non-hydrogen) atoms. The highest BCUT2D eigenvalue weighted by molar-refractivity contribution is 7.15. The van der Waals surface area contributed by atoms with Gasteiger partial charge in [0, 0.05) is 48.5 Å². The van der Waals surface area contributed by atoms with Crippen LogP contribution in [0.3, 0.4) is 0 Å². The molecule has 0 spiro atoms. The molecule has 0 radical (unpaired) electrons. The van der Waals surface area contributed by atoms with Gasteiger partial charge in [0.2, 0.25) is 5.91 Å². The van der Waals surface area contributed by atoms with E-state index in [-0.39, 0.29) is 18.0 Å². The molecule has 1 N–H and O–H groups in total. The third-order valence-electron chi connectivity index (χ3n) is 6.83. The Bertz CT molecular complexity index is 1440.